The summed E-state index contributed by atoms with van der Waals surface area (Å²) in [6.45, 7) is 3.13. The van der Waals surface area contributed by atoms with E-state index in [1.165, 1.54) is 6.92 Å². The zero-order valence-corrected chi connectivity index (χ0v) is 6.35. The Morgan fingerprint density at radius 2 is 2.00 bits per heavy atom. The van der Waals surface area contributed by atoms with Crippen molar-refractivity contribution in [3.63, 3.8) is 0 Å². The highest BCUT2D eigenvalue weighted by Gasteiger charge is 2.00. The zero-order valence-electron chi connectivity index (χ0n) is 6.35. The van der Waals surface area contributed by atoms with Crippen LogP contribution in [-0.2, 0) is 14.3 Å². The lowest BCUT2D eigenvalue weighted by Crippen LogP contribution is -2.10. The molecule has 0 saturated carbocycles. The van der Waals surface area contributed by atoms with Crippen LogP contribution in [0.3, 0.4) is 0 Å². The van der Waals surface area contributed by atoms with Crippen molar-refractivity contribution >= 4 is 11.8 Å². The minimum Gasteiger partial charge on any atom is -0.458 e. The molecule has 3 heteroatoms. The Morgan fingerprint density at radius 1 is 1.40 bits per heavy atom. The maximum absolute atomic E-state index is 10.7. The SMILES string of the molecule is CCCC(=O)COC(C)=O. The van der Waals surface area contributed by atoms with E-state index in [0.717, 1.165) is 6.42 Å². The van der Waals surface area contributed by atoms with Gasteiger partial charge in [0.2, 0.25) is 0 Å². The summed E-state index contributed by atoms with van der Waals surface area (Å²) < 4.78 is 4.47. The number of carbonyl (C=O) groups is 2. The van der Waals surface area contributed by atoms with Gasteiger partial charge in [-0.3, -0.25) is 9.59 Å². The number of ketones is 1. The van der Waals surface area contributed by atoms with Gasteiger partial charge in [-0.1, -0.05) is 6.92 Å². The van der Waals surface area contributed by atoms with E-state index in [1.54, 1.807) is 0 Å². The van der Waals surface area contributed by atoms with Gasteiger partial charge in [0.15, 0.2) is 5.78 Å². The number of esters is 1. The Balaban J connectivity index is 3.30. The normalized spacial score (nSPS) is 9.00. The van der Waals surface area contributed by atoms with E-state index < -0.39 is 5.97 Å². The summed E-state index contributed by atoms with van der Waals surface area (Å²) in [6.07, 6.45) is 1.30. The van der Waals surface area contributed by atoms with Crippen LogP contribution in [-0.4, -0.2) is 18.4 Å². The topological polar surface area (TPSA) is 43.4 Å². The summed E-state index contributed by atoms with van der Waals surface area (Å²) in [5, 5.41) is 0. The number of rotatable bonds is 4. The molecule has 0 spiro atoms. The molecule has 0 aliphatic heterocycles. The van der Waals surface area contributed by atoms with Crippen LogP contribution in [0.2, 0.25) is 0 Å². The summed E-state index contributed by atoms with van der Waals surface area (Å²) in [6, 6.07) is 0. The summed E-state index contributed by atoms with van der Waals surface area (Å²) >= 11 is 0. The standard InChI is InChI=1S/C7H12O3/c1-3-4-7(9)5-10-6(2)8/h3-5H2,1-2H3. The highest BCUT2D eigenvalue weighted by molar-refractivity contribution is 5.81. The fourth-order valence-corrected chi connectivity index (χ4v) is 0.533. The lowest BCUT2D eigenvalue weighted by molar-refractivity contribution is -0.145. The molecule has 0 atom stereocenters. The number of ether oxygens (including phenoxy) is 1. The van der Waals surface area contributed by atoms with E-state index in [4.69, 9.17) is 0 Å². The number of hydrogen-bond acceptors (Lipinski definition) is 3. The monoisotopic (exact) mass is 144 g/mol. The molecule has 0 aromatic heterocycles. The summed E-state index contributed by atoms with van der Waals surface area (Å²) in [7, 11) is 0. The molecule has 0 fully saturated rings. The maximum atomic E-state index is 10.7. The average Bonchev–Trinajstić information content (AvgIpc) is 1.85. The predicted octanol–water partition coefficient (Wildman–Crippen LogP) is 0.919. The van der Waals surface area contributed by atoms with Gasteiger partial charge in [0.1, 0.15) is 6.61 Å². The molecule has 0 rings (SSSR count). The molecular formula is C7H12O3. The Morgan fingerprint density at radius 3 is 2.40 bits per heavy atom. The van der Waals surface area contributed by atoms with Crippen LogP contribution in [0.15, 0.2) is 0 Å². The Kier molecular flexibility index (Phi) is 4.54. The molecule has 0 aliphatic carbocycles. The molecule has 0 N–H and O–H groups in total. The minimum absolute atomic E-state index is 0.0160. The van der Waals surface area contributed by atoms with E-state index in [0.29, 0.717) is 6.42 Å². The molecular weight excluding hydrogens is 132 g/mol. The van der Waals surface area contributed by atoms with E-state index in [-0.39, 0.29) is 12.4 Å². The van der Waals surface area contributed by atoms with E-state index >= 15 is 0 Å². The van der Waals surface area contributed by atoms with E-state index in [2.05, 4.69) is 4.74 Å². The summed E-state index contributed by atoms with van der Waals surface area (Å²) in [5.41, 5.74) is 0. The zero-order chi connectivity index (χ0) is 7.98. The lowest BCUT2D eigenvalue weighted by atomic mass is 10.2. The van der Waals surface area contributed by atoms with Gasteiger partial charge in [-0.2, -0.15) is 0 Å². The van der Waals surface area contributed by atoms with Crippen LogP contribution >= 0.6 is 0 Å². The molecule has 0 saturated heterocycles. The average molecular weight is 144 g/mol. The fraction of sp³-hybridized carbons (Fsp3) is 0.714. The maximum Gasteiger partial charge on any atom is 0.303 e. The Labute approximate surface area is 60.4 Å². The van der Waals surface area contributed by atoms with Gasteiger partial charge in [0, 0.05) is 13.3 Å². The summed E-state index contributed by atoms with van der Waals surface area (Å²) in [4.78, 5) is 20.8. The van der Waals surface area contributed by atoms with Gasteiger partial charge >= 0.3 is 5.97 Å². The molecule has 58 valence electrons. The van der Waals surface area contributed by atoms with E-state index in [1.807, 2.05) is 6.92 Å². The van der Waals surface area contributed by atoms with Gasteiger partial charge < -0.3 is 4.74 Å². The molecule has 0 aliphatic rings. The predicted molar refractivity (Wildman–Crippen MR) is 36.5 cm³/mol. The highest BCUT2D eigenvalue weighted by Crippen LogP contribution is 1.89. The van der Waals surface area contributed by atoms with Crippen molar-refractivity contribution < 1.29 is 14.3 Å². The first-order valence-corrected chi connectivity index (χ1v) is 3.32. The number of hydrogen-bond donors (Lipinski definition) is 0. The van der Waals surface area contributed by atoms with Gasteiger partial charge in [-0.05, 0) is 6.42 Å². The first kappa shape index (κ1) is 9.14. The Bertz CT molecular complexity index is 129. The van der Waals surface area contributed by atoms with Crippen LogP contribution in [0.25, 0.3) is 0 Å². The molecule has 0 unspecified atom stereocenters. The first-order valence-electron chi connectivity index (χ1n) is 3.32. The molecule has 0 amide bonds. The van der Waals surface area contributed by atoms with E-state index in [9.17, 15) is 9.59 Å². The van der Waals surface area contributed by atoms with Gasteiger partial charge in [-0.25, -0.2) is 0 Å². The number of Topliss-reactive ketones (excluding diaryl/α,β-unsaturated/α-hetero) is 1. The molecule has 3 nitrogen and oxygen atoms in total. The molecule has 0 radical (unpaired) electrons. The van der Waals surface area contributed by atoms with Crippen molar-refractivity contribution in [2.75, 3.05) is 6.61 Å². The van der Waals surface area contributed by atoms with Crippen molar-refractivity contribution in [1.29, 1.82) is 0 Å². The highest BCUT2D eigenvalue weighted by atomic mass is 16.5. The second kappa shape index (κ2) is 4.97. The van der Waals surface area contributed by atoms with Crippen molar-refractivity contribution in [3.05, 3.63) is 0 Å². The first-order chi connectivity index (χ1) is 4.66. The van der Waals surface area contributed by atoms with Crippen LogP contribution in [0.4, 0.5) is 0 Å². The molecule has 0 bridgehead atoms. The largest absolute Gasteiger partial charge is 0.458 e. The third-order valence-electron chi connectivity index (χ3n) is 0.965. The Hall–Kier alpha value is -0.860. The molecule has 0 aromatic rings. The van der Waals surface area contributed by atoms with Crippen molar-refractivity contribution in [2.24, 2.45) is 0 Å². The minimum atomic E-state index is -0.399. The quantitative estimate of drug-likeness (QED) is 0.551. The fourth-order valence-electron chi connectivity index (χ4n) is 0.533. The van der Waals surface area contributed by atoms with Crippen LogP contribution < -0.4 is 0 Å². The molecule has 0 aromatic carbocycles. The smallest absolute Gasteiger partial charge is 0.303 e. The molecule has 10 heavy (non-hydrogen) atoms. The summed E-state index contributed by atoms with van der Waals surface area (Å²) in [5.74, 6) is -0.415. The van der Waals surface area contributed by atoms with Crippen molar-refractivity contribution in [1.82, 2.24) is 0 Å². The van der Waals surface area contributed by atoms with Gasteiger partial charge in [0.25, 0.3) is 0 Å². The van der Waals surface area contributed by atoms with Crippen LogP contribution in [0, 0.1) is 0 Å². The second-order valence-corrected chi connectivity index (χ2v) is 2.07. The van der Waals surface area contributed by atoms with Gasteiger partial charge in [-0.15, -0.1) is 0 Å². The van der Waals surface area contributed by atoms with Crippen molar-refractivity contribution in [3.8, 4) is 0 Å². The van der Waals surface area contributed by atoms with Crippen molar-refractivity contribution in [2.45, 2.75) is 26.7 Å². The molecule has 0 heterocycles. The second-order valence-electron chi connectivity index (χ2n) is 2.07. The number of carbonyl (C=O) groups excluding carboxylic acids is 2. The third-order valence-corrected chi connectivity index (χ3v) is 0.965. The van der Waals surface area contributed by atoms with Crippen LogP contribution in [0.5, 0.6) is 0 Å². The van der Waals surface area contributed by atoms with Crippen LogP contribution in [0.1, 0.15) is 26.7 Å². The lowest BCUT2D eigenvalue weighted by Gasteiger charge is -1.97. The third kappa shape index (κ3) is 5.28. The van der Waals surface area contributed by atoms with Gasteiger partial charge in [0.05, 0.1) is 0 Å².